The fourth-order valence-electron chi connectivity index (χ4n) is 2.08. The molecule has 1 aromatic carbocycles. The molecule has 3 N–H and O–H groups in total. The van der Waals surface area contributed by atoms with Crippen LogP contribution in [0.2, 0.25) is 0 Å². The Labute approximate surface area is 115 Å². The zero-order valence-corrected chi connectivity index (χ0v) is 11.3. The minimum Gasteiger partial charge on any atom is -0.308 e. The molecule has 0 spiro atoms. The average molecular weight is 269 g/mol. The molecule has 0 saturated carbocycles. The number of rotatable bonds is 3. The van der Waals surface area contributed by atoms with Gasteiger partial charge in [0.05, 0.1) is 5.52 Å². The van der Waals surface area contributed by atoms with Gasteiger partial charge in [0.25, 0.3) is 0 Å². The number of nitrogen functional groups attached to an aromatic ring is 1. The molecular weight excluding hydrogens is 254 g/mol. The minimum absolute atomic E-state index is 0.603. The molecule has 7 heteroatoms. The normalized spacial score (nSPS) is 10.9. The summed E-state index contributed by atoms with van der Waals surface area (Å²) in [6, 6.07) is 7.75. The molecule has 0 bridgehead atoms. The number of anilines is 1. The first-order valence-corrected chi connectivity index (χ1v) is 6.39. The number of fused-ring (bicyclic) bond motifs is 1. The average Bonchev–Trinajstić information content (AvgIpc) is 2.91. The van der Waals surface area contributed by atoms with Crippen molar-refractivity contribution in [3.8, 4) is 5.82 Å². The van der Waals surface area contributed by atoms with Crippen LogP contribution in [0.5, 0.6) is 0 Å². The first-order chi connectivity index (χ1) is 9.74. The van der Waals surface area contributed by atoms with Crippen molar-refractivity contribution in [2.75, 3.05) is 5.43 Å². The third-order valence-electron chi connectivity index (χ3n) is 3.17. The van der Waals surface area contributed by atoms with Crippen LogP contribution in [-0.4, -0.2) is 25.0 Å². The van der Waals surface area contributed by atoms with Crippen LogP contribution in [0, 0.1) is 6.92 Å². The largest absolute Gasteiger partial charge is 0.308 e. The highest BCUT2D eigenvalue weighted by Crippen LogP contribution is 2.21. The highest BCUT2D eigenvalue weighted by Gasteiger charge is 2.14. The van der Waals surface area contributed by atoms with Crippen LogP contribution in [-0.2, 0) is 6.42 Å². The van der Waals surface area contributed by atoms with E-state index in [2.05, 4.69) is 25.7 Å². The van der Waals surface area contributed by atoms with Gasteiger partial charge in [-0.3, -0.25) is 0 Å². The predicted molar refractivity (Wildman–Crippen MR) is 76.4 cm³/mol. The van der Waals surface area contributed by atoms with Crippen LogP contribution in [0.3, 0.4) is 0 Å². The Morgan fingerprint density at radius 1 is 1.25 bits per heavy atom. The molecule has 0 atom stereocenters. The second-order valence-electron chi connectivity index (χ2n) is 4.42. The van der Waals surface area contributed by atoms with Crippen LogP contribution in [0.4, 0.5) is 5.82 Å². The van der Waals surface area contributed by atoms with Gasteiger partial charge in [0.2, 0.25) is 0 Å². The lowest BCUT2D eigenvalue weighted by atomic mass is 10.2. The highest BCUT2D eigenvalue weighted by atomic mass is 15.4. The number of hydrogen-bond donors (Lipinski definition) is 2. The van der Waals surface area contributed by atoms with Crippen LogP contribution in [0.1, 0.15) is 18.3 Å². The Morgan fingerprint density at radius 3 is 2.80 bits per heavy atom. The van der Waals surface area contributed by atoms with Gasteiger partial charge in [-0.2, -0.15) is 4.68 Å². The molecule has 0 aliphatic carbocycles. The van der Waals surface area contributed by atoms with Crippen molar-refractivity contribution < 1.29 is 0 Å². The molecule has 2 aromatic heterocycles. The predicted octanol–water partition coefficient (Wildman–Crippen LogP) is 1.37. The van der Waals surface area contributed by atoms with Gasteiger partial charge in [-0.1, -0.05) is 24.3 Å². The van der Waals surface area contributed by atoms with Crippen molar-refractivity contribution in [3.05, 3.63) is 35.7 Å². The number of nitrogens with zero attached hydrogens (tertiary/aromatic N) is 5. The summed E-state index contributed by atoms with van der Waals surface area (Å²) in [5.74, 6) is 7.53. The second-order valence-corrected chi connectivity index (χ2v) is 4.42. The van der Waals surface area contributed by atoms with Crippen molar-refractivity contribution >= 4 is 16.9 Å². The zero-order valence-electron chi connectivity index (χ0n) is 11.3. The number of aryl methyl sites for hydroxylation is 1. The number of para-hydroxylation sites is 1. The van der Waals surface area contributed by atoms with E-state index in [4.69, 9.17) is 5.84 Å². The number of nitrogens with two attached hydrogens (primary N) is 1. The Morgan fingerprint density at radius 2 is 2.05 bits per heavy atom. The van der Waals surface area contributed by atoms with Gasteiger partial charge >= 0.3 is 0 Å². The molecule has 20 heavy (non-hydrogen) atoms. The van der Waals surface area contributed by atoms with Gasteiger partial charge in [-0.05, 0) is 19.1 Å². The molecule has 0 unspecified atom stereocenters. The van der Waals surface area contributed by atoms with Gasteiger partial charge in [-0.25, -0.2) is 15.8 Å². The molecule has 3 rings (SSSR count). The van der Waals surface area contributed by atoms with Crippen LogP contribution in [0.25, 0.3) is 16.9 Å². The monoisotopic (exact) mass is 269 g/mol. The summed E-state index contributed by atoms with van der Waals surface area (Å²) < 4.78 is 1.71. The molecule has 0 radical (unpaired) electrons. The summed E-state index contributed by atoms with van der Waals surface area (Å²) in [4.78, 5) is 8.90. The molecule has 0 saturated heterocycles. The van der Waals surface area contributed by atoms with Gasteiger partial charge in [-0.15, -0.1) is 5.10 Å². The summed E-state index contributed by atoms with van der Waals surface area (Å²) in [6.45, 7) is 3.90. The van der Waals surface area contributed by atoms with E-state index < -0.39 is 0 Å². The number of benzene rings is 1. The maximum Gasteiger partial charge on any atom is 0.164 e. The molecule has 0 amide bonds. The van der Waals surface area contributed by atoms with Gasteiger partial charge in [0, 0.05) is 12.0 Å². The lowest BCUT2D eigenvalue weighted by molar-refractivity contribution is 0.775. The first kappa shape index (κ1) is 12.5. The topological polar surface area (TPSA) is 94.5 Å². The maximum absolute atomic E-state index is 5.52. The summed E-state index contributed by atoms with van der Waals surface area (Å²) in [7, 11) is 0. The SMILES string of the molecule is CCc1nc(NN)c(C)c(-n2nnc3ccccc32)n1. The smallest absolute Gasteiger partial charge is 0.164 e. The van der Waals surface area contributed by atoms with Crippen LogP contribution in [0.15, 0.2) is 24.3 Å². The van der Waals surface area contributed by atoms with E-state index in [0.717, 1.165) is 16.6 Å². The van der Waals surface area contributed by atoms with Crippen LogP contribution < -0.4 is 11.3 Å². The molecule has 0 aliphatic heterocycles. The van der Waals surface area contributed by atoms with Crippen molar-refractivity contribution in [3.63, 3.8) is 0 Å². The highest BCUT2D eigenvalue weighted by molar-refractivity contribution is 5.76. The Bertz CT molecular complexity index is 763. The van der Waals surface area contributed by atoms with Gasteiger partial charge in [0.1, 0.15) is 17.2 Å². The van der Waals surface area contributed by atoms with Crippen molar-refractivity contribution in [2.45, 2.75) is 20.3 Å². The van der Waals surface area contributed by atoms with Crippen molar-refractivity contribution in [1.29, 1.82) is 0 Å². The lowest BCUT2D eigenvalue weighted by Crippen LogP contribution is -2.15. The van der Waals surface area contributed by atoms with Crippen molar-refractivity contribution in [1.82, 2.24) is 25.0 Å². The quantitative estimate of drug-likeness (QED) is 0.551. The number of hydrogen-bond acceptors (Lipinski definition) is 6. The fourth-order valence-corrected chi connectivity index (χ4v) is 2.08. The fraction of sp³-hybridized carbons (Fsp3) is 0.231. The number of hydrazine groups is 1. The van der Waals surface area contributed by atoms with E-state index in [9.17, 15) is 0 Å². The van der Waals surface area contributed by atoms with Gasteiger partial charge < -0.3 is 5.43 Å². The maximum atomic E-state index is 5.52. The molecule has 0 fully saturated rings. The molecule has 2 heterocycles. The first-order valence-electron chi connectivity index (χ1n) is 6.39. The van der Waals surface area contributed by atoms with Crippen molar-refractivity contribution in [2.24, 2.45) is 5.84 Å². The van der Waals surface area contributed by atoms with E-state index in [0.29, 0.717) is 23.9 Å². The third kappa shape index (κ3) is 1.88. The molecule has 3 aromatic rings. The van der Waals surface area contributed by atoms with E-state index in [1.165, 1.54) is 0 Å². The third-order valence-corrected chi connectivity index (χ3v) is 3.17. The van der Waals surface area contributed by atoms with E-state index in [1.807, 2.05) is 38.1 Å². The summed E-state index contributed by atoms with van der Waals surface area (Å²) in [5, 5.41) is 8.33. The molecule has 102 valence electrons. The zero-order chi connectivity index (χ0) is 14.1. The molecule has 0 aliphatic rings. The summed E-state index contributed by atoms with van der Waals surface area (Å²) in [6.07, 6.45) is 0.717. The number of nitrogens with one attached hydrogen (secondary N) is 1. The lowest BCUT2D eigenvalue weighted by Gasteiger charge is -2.11. The summed E-state index contributed by atoms with van der Waals surface area (Å²) >= 11 is 0. The van der Waals surface area contributed by atoms with Gasteiger partial charge in [0.15, 0.2) is 5.82 Å². The Hall–Kier alpha value is -2.54. The van der Waals surface area contributed by atoms with E-state index in [-0.39, 0.29) is 0 Å². The van der Waals surface area contributed by atoms with E-state index >= 15 is 0 Å². The Balaban J connectivity index is 2.28. The second kappa shape index (κ2) is 4.86. The molecular formula is C13H15N7. The van der Waals surface area contributed by atoms with E-state index in [1.54, 1.807) is 4.68 Å². The number of aromatic nitrogens is 5. The minimum atomic E-state index is 0.603. The standard InChI is InChI=1S/C13H15N7/c1-3-11-15-12(17-14)8(2)13(16-11)20-10-7-5-4-6-9(10)18-19-20/h4-7H,3,14H2,1-2H3,(H,15,16,17). The Kier molecular flexibility index (Phi) is 3.03. The van der Waals surface area contributed by atoms with Crippen LogP contribution >= 0.6 is 0 Å². The summed E-state index contributed by atoms with van der Waals surface area (Å²) in [5.41, 5.74) is 5.17. The molecule has 7 nitrogen and oxygen atoms in total.